The van der Waals surface area contributed by atoms with E-state index < -0.39 is 11.2 Å². The molecule has 0 aliphatic heterocycles. The Morgan fingerprint density at radius 1 is 1.14 bits per heavy atom. The van der Waals surface area contributed by atoms with Crippen molar-refractivity contribution in [3.63, 3.8) is 0 Å². The lowest BCUT2D eigenvalue weighted by Crippen LogP contribution is -2.37. The molecule has 4 aromatic rings. The number of thiazole rings is 1. The van der Waals surface area contributed by atoms with Gasteiger partial charge in [0.2, 0.25) is 5.91 Å². The second-order valence-corrected chi connectivity index (χ2v) is 7.38. The van der Waals surface area contributed by atoms with Gasteiger partial charge < -0.3 is 9.88 Å². The molecular weight excluding hydrogens is 392 g/mol. The predicted molar refractivity (Wildman–Crippen MR) is 111 cm³/mol. The van der Waals surface area contributed by atoms with Crippen LogP contribution in [0.15, 0.2) is 51.6 Å². The molecule has 3 heterocycles. The molecule has 0 saturated heterocycles. The number of rotatable bonds is 5. The van der Waals surface area contributed by atoms with Crippen LogP contribution in [0.2, 0.25) is 0 Å². The summed E-state index contributed by atoms with van der Waals surface area (Å²) in [6, 6.07) is 9.71. The van der Waals surface area contributed by atoms with Crippen molar-refractivity contribution in [2.75, 3.05) is 5.32 Å². The van der Waals surface area contributed by atoms with E-state index in [0.29, 0.717) is 16.3 Å². The number of imidazole rings is 1. The molecule has 0 bridgehead atoms. The Morgan fingerprint density at radius 2 is 1.90 bits per heavy atom. The highest BCUT2D eigenvalue weighted by molar-refractivity contribution is 7.14. The summed E-state index contributed by atoms with van der Waals surface area (Å²) in [4.78, 5) is 45.4. The minimum atomic E-state index is -0.441. The number of carbonyl (C=O) groups excluding carboxylic acids is 1. The van der Waals surface area contributed by atoms with Crippen molar-refractivity contribution < 1.29 is 4.79 Å². The van der Waals surface area contributed by atoms with Gasteiger partial charge in [-0.25, -0.2) is 14.8 Å². The lowest BCUT2D eigenvalue weighted by Gasteiger charge is -2.06. The van der Waals surface area contributed by atoms with Crippen molar-refractivity contribution in [2.24, 2.45) is 14.1 Å². The van der Waals surface area contributed by atoms with Crippen LogP contribution < -0.4 is 16.6 Å². The maximum Gasteiger partial charge on any atom is 0.332 e. The number of benzene rings is 1. The quantitative estimate of drug-likeness (QED) is 0.538. The summed E-state index contributed by atoms with van der Waals surface area (Å²) in [7, 11) is 2.97. The van der Waals surface area contributed by atoms with Gasteiger partial charge >= 0.3 is 5.69 Å². The maximum atomic E-state index is 12.4. The number of carbonyl (C=O) groups is 1. The van der Waals surface area contributed by atoms with E-state index in [2.05, 4.69) is 15.3 Å². The third kappa shape index (κ3) is 3.49. The van der Waals surface area contributed by atoms with Gasteiger partial charge in [0.1, 0.15) is 0 Å². The molecule has 0 unspecified atom stereocenters. The molecule has 10 heteroatoms. The van der Waals surface area contributed by atoms with Crippen molar-refractivity contribution in [3.8, 4) is 11.3 Å². The average Bonchev–Trinajstić information content (AvgIpc) is 3.37. The molecule has 1 aromatic carbocycles. The Balaban J connectivity index is 1.48. The summed E-state index contributed by atoms with van der Waals surface area (Å²) >= 11 is 1.35. The highest BCUT2D eigenvalue weighted by atomic mass is 32.1. The number of nitrogens with one attached hydrogen (secondary N) is 1. The summed E-state index contributed by atoms with van der Waals surface area (Å²) < 4.78 is 3.93. The van der Waals surface area contributed by atoms with Gasteiger partial charge in [-0.15, -0.1) is 11.3 Å². The van der Waals surface area contributed by atoms with E-state index in [0.717, 1.165) is 15.8 Å². The SMILES string of the molecule is Cn1c(=O)c2c(ncn2CCC(=O)Nc2nc(-c3ccccc3)cs2)n(C)c1=O. The first-order chi connectivity index (χ1) is 14.0. The van der Waals surface area contributed by atoms with Gasteiger partial charge in [-0.1, -0.05) is 30.3 Å². The summed E-state index contributed by atoms with van der Waals surface area (Å²) in [6.45, 7) is 0.257. The van der Waals surface area contributed by atoms with Crippen LogP contribution in [0.5, 0.6) is 0 Å². The maximum absolute atomic E-state index is 12.4. The number of aryl methyl sites for hydroxylation is 2. The van der Waals surface area contributed by atoms with E-state index in [1.165, 1.54) is 29.3 Å². The van der Waals surface area contributed by atoms with Crippen LogP contribution in [0, 0.1) is 0 Å². The first-order valence-electron chi connectivity index (χ1n) is 8.87. The van der Waals surface area contributed by atoms with E-state index in [1.807, 2.05) is 35.7 Å². The van der Waals surface area contributed by atoms with Gasteiger partial charge in [0.25, 0.3) is 5.56 Å². The summed E-state index contributed by atoms with van der Waals surface area (Å²) in [6.07, 6.45) is 1.60. The van der Waals surface area contributed by atoms with E-state index in [4.69, 9.17) is 0 Å². The Morgan fingerprint density at radius 3 is 2.66 bits per heavy atom. The molecular formula is C19H18N6O3S. The highest BCUT2D eigenvalue weighted by Crippen LogP contribution is 2.24. The van der Waals surface area contributed by atoms with Crippen LogP contribution >= 0.6 is 11.3 Å². The van der Waals surface area contributed by atoms with Gasteiger partial charge in [0, 0.05) is 38.0 Å². The molecule has 0 aliphatic carbocycles. The van der Waals surface area contributed by atoms with Gasteiger partial charge in [-0.05, 0) is 0 Å². The Kier molecular flexibility index (Phi) is 4.85. The molecule has 0 fully saturated rings. The third-order valence-electron chi connectivity index (χ3n) is 4.62. The fourth-order valence-electron chi connectivity index (χ4n) is 3.04. The van der Waals surface area contributed by atoms with Crippen molar-refractivity contribution in [2.45, 2.75) is 13.0 Å². The summed E-state index contributed by atoms with van der Waals surface area (Å²) in [5.74, 6) is -0.220. The normalized spacial score (nSPS) is 11.1. The minimum absolute atomic E-state index is 0.137. The first-order valence-corrected chi connectivity index (χ1v) is 9.75. The molecule has 0 atom stereocenters. The predicted octanol–water partition coefficient (Wildman–Crippen LogP) is 1.59. The second-order valence-electron chi connectivity index (χ2n) is 6.52. The van der Waals surface area contributed by atoms with Crippen LogP contribution in [0.1, 0.15) is 6.42 Å². The molecule has 9 nitrogen and oxygen atoms in total. The average molecular weight is 410 g/mol. The van der Waals surface area contributed by atoms with E-state index in [9.17, 15) is 14.4 Å². The fraction of sp³-hybridized carbons (Fsp3) is 0.211. The second kappa shape index (κ2) is 7.47. The number of anilines is 1. The molecule has 0 radical (unpaired) electrons. The van der Waals surface area contributed by atoms with E-state index >= 15 is 0 Å². The number of nitrogens with zero attached hydrogens (tertiary/aromatic N) is 5. The highest BCUT2D eigenvalue weighted by Gasteiger charge is 2.15. The number of aromatic nitrogens is 5. The Bertz CT molecular complexity index is 1320. The molecule has 0 aliphatic rings. The number of fused-ring (bicyclic) bond motifs is 1. The van der Waals surface area contributed by atoms with Crippen LogP contribution in [0.4, 0.5) is 5.13 Å². The van der Waals surface area contributed by atoms with Crippen LogP contribution in [0.3, 0.4) is 0 Å². The van der Waals surface area contributed by atoms with Gasteiger partial charge in [0.15, 0.2) is 16.3 Å². The number of amides is 1. The van der Waals surface area contributed by atoms with Gasteiger partial charge in [-0.3, -0.25) is 18.7 Å². The molecule has 0 saturated carbocycles. The zero-order chi connectivity index (χ0) is 20.5. The van der Waals surface area contributed by atoms with E-state index in [-0.39, 0.29) is 18.9 Å². The molecule has 4 rings (SSSR count). The van der Waals surface area contributed by atoms with Crippen molar-refractivity contribution in [1.29, 1.82) is 0 Å². The number of hydrogen-bond donors (Lipinski definition) is 1. The van der Waals surface area contributed by atoms with Crippen LogP contribution in [-0.4, -0.2) is 29.6 Å². The molecule has 29 heavy (non-hydrogen) atoms. The smallest absolute Gasteiger partial charge is 0.324 e. The van der Waals surface area contributed by atoms with Gasteiger partial charge in [-0.2, -0.15) is 0 Å². The van der Waals surface area contributed by atoms with Crippen molar-refractivity contribution in [1.82, 2.24) is 23.7 Å². The van der Waals surface area contributed by atoms with Crippen LogP contribution in [-0.2, 0) is 25.4 Å². The standard InChI is InChI=1S/C19H18N6O3S/c1-23-16-15(17(27)24(2)19(23)28)25(11-20-16)9-8-14(26)22-18-21-13(10-29-18)12-6-4-3-5-7-12/h3-7,10-11H,8-9H2,1-2H3,(H,21,22,26). The first kappa shape index (κ1) is 18.8. The van der Waals surface area contributed by atoms with E-state index in [1.54, 1.807) is 11.6 Å². The lowest BCUT2D eigenvalue weighted by molar-refractivity contribution is -0.116. The summed E-state index contributed by atoms with van der Waals surface area (Å²) in [5.41, 5.74) is 1.50. The largest absolute Gasteiger partial charge is 0.332 e. The number of hydrogen-bond acceptors (Lipinski definition) is 6. The Hall–Kier alpha value is -3.53. The zero-order valence-corrected chi connectivity index (χ0v) is 16.6. The molecule has 3 aromatic heterocycles. The monoisotopic (exact) mass is 410 g/mol. The molecule has 1 N–H and O–H groups in total. The van der Waals surface area contributed by atoms with Crippen molar-refractivity contribution in [3.05, 3.63) is 62.9 Å². The Labute approximate surface area is 168 Å². The fourth-order valence-corrected chi connectivity index (χ4v) is 3.78. The van der Waals surface area contributed by atoms with Crippen molar-refractivity contribution >= 4 is 33.5 Å². The third-order valence-corrected chi connectivity index (χ3v) is 5.37. The molecule has 1 amide bonds. The van der Waals surface area contributed by atoms with Crippen LogP contribution in [0.25, 0.3) is 22.4 Å². The lowest BCUT2D eigenvalue weighted by atomic mass is 10.2. The molecule has 148 valence electrons. The van der Waals surface area contributed by atoms with Gasteiger partial charge in [0.05, 0.1) is 12.0 Å². The minimum Gasteiger partial charge on any atom is -0.324 e. The molecule has 0 spiro atoms. The summed E-state index contributed by atoms with van der Waals surface area (Å²) in [5, 5.41) is 5.19. The zero-order valence-electron chi connectivity index (χ0n) is 15.8. The topological polar surface area (TPSA) is 104 Å².